The molecule has 2 N–H and O–H groups in total. The van der Waals surface area contributed by atoms with Crippen molar-refractivity contribution in [1.29, 1.82) is 0 Å². The molecule has 1 aromatic heterocycles. The molecule has 3 aromatic carbocycles. The summed E-state index contributed by atoms with van der Waals surface area (Å²) in [4.78, 5) is 40.0. The molecule has 1 aliphatic rings. The molecule has 2 atom stereocenters. The van der Waals surface area contributed by atoms with Crippen molar-refractivity contribution >= 4 is 23.6 Å². The first kappa shape index (κ1) is 25.7. The quantitative estimate of drug-likeness (QED) is 0.326. The van der Waals surface area contributed by atoms with E-state index in [1.165, 1.54) is 59.7 Å². The topological polar surface area (TPSA) is 101 Å². The molecule has 39 heavy (non-hydrogen) atoms. The smallest absolute Gasteiger partial charge is 0.411 e. The molecule has 4 aromatic rings. The van der Waals surface area contributed by atoms with Crippen molar-refractivity contribution in [2.24, 2.45) is 0 Å². The van der Waals surface area contributed by atoms with Crippen LogP contribution < -0.4 is 10.6 Å². The highest BCUT2D eigenvalue weighted by atomic mass is 19.1. The van der Waals surface area contributed by atoms with Gasteiger partial charge in [0.2, 0.25) is 5.91 Å². The summed E-state index contributed by atoms with van der Waals surface area (Å²) >= 11 is 0. The second-order valence-corrected chi connectivity index (χ2v) is 8.88. The minimum atomic E-state index is -1.03. The summed E-state index contributed by atoms with van der Waals surface area (Å²) in [5, 5.41) is 5.50. The van der Waals surface area contributed by atoms with E-state index in [4.69, 9.17) is 9.15 Å². The van der Waals surface area contributed by atoms with Crippen molar-refractivity contribution in [2.75, 3.05) is 5.32 Å². The third kappa shape index (κ3) is 5.96. The van der Waals surface area contributed by atoms with Gasteiger partial charge in [-0.2, -0.15) is 0 Å². The first-order valence-electron chi connectivity index (χ1n) is 12.1. The minimum absolute atomic E-state index is 0.0280. The van der Waals surface area contributed by atoms with E-state index in [9.17, 15) is 23.2 Å². The van der Waals surface area contributed by atoms with E-state index in [-0.39, 0.29) is 18.7 Å². The van der Waals surface area contributed by atoms with Gasteiger partial charge >= 0.3 is 6.09 Å². The van der Waals surface area contributed by atoms with Gasteiger partial charge in [0.25, 0.3) is 5.91 Å². The maximum absolute atomic E-state index is 13.4. The molecule has 0 unspecified atom stereocenters. The first-order valence-corrected chi connectivity index (χ1v) is 12.1. The zero-order valence-electron chi connectivity index (χ0n) is 20.5. The van der Waals surface area contributed by atoms with E-state index in [1.807, 2.05) is 0 Å². The van der Waals surface area contributed by atoms with Crippen LogP contribution in [0.25, 0.3) is 0 Å². The van der Waals surface area contributed by atoms with Gasteiger partial charge in [-0.1, -0.05) is 24.3 Å². The van der Waals surface area contributed by atoms with Gasteiger partial charge in [-0.25, -0.2) is 13.6 Å². The summed E-state index contributed by atoms with van der Waals surface area (Å²) in [6, 6.07) is 19.7. The van der Waals surface area contributed by atoms with E-state index in [0.717, 1.165) is 0 Å². The number of rotatable bonds is 8. The molecular weight excluding hydrogens is 508 g/mol. The zero-order valence-corrected chi connectivity index (χ0v) is 20.5. The fourth-order valence-electron chi connectivity index (χ4n) is 4.25. The van der Waals surface area contributed by atoms with E-state index in [2.05, 4.69) is 10.6 Å². The van der Waals surface area contributed by atoms with Crippen molar-refractivity contribution < 1.29 is 32.3 Å². The Labute approximate surface area is 222 Å². The lowest BCUT2D eigenvalue weighted by Gasteiger charge is -2.24. The molecule has 198 valence electrons. The summed E-state index contributed by atoms with van der Waals surface area (Å²) < 4.78 is 37.5. The van der Waals surface area contributed by atoms with E-state index >= 15 is 0 Å². The average Bonchev–Trinajstić information content (AvgIpc) is 3.57. The highest BCUT2D eigenvalue weighted by Crippen LogP contribution is 2.34. The number of carbonyl (C=O) groups excluding carboxylic acids is 3. The number of benzene rings is 3. The van der Waals surface area contributed by atoms with Crippen molar-refractivity contribution in [3.8, 4) is 0 Å². The van der Waals surface area contributed by atoms with Crippen LogP contribution in [-0.4, -0.2) is 28.8 Å². The highest BCUT2D eigenvalue weighted by Gasteiger charge is 2.47. The Bertz CT molecular complexity index is 1460. The molecular formula is C29H23F2N3O5. The zero-order chi connectivity index (χ0) is 27.4. The van der Waals surface area contributed by atoms with Crippen molar-refractivity contribution in [1.82, 2.24) is 10.2 Å². The van der Waals surface area contributed by atoms with Crippen LogP contribution in [0.15, 0.2) is 95.6 Å². The first-order chi connectivity index (χ1) is 18.9. The van der Waals surface area contributed by atoms with E-state index in [1.54, 1.807) is 36.4 Å². The molecule has 0 bridgehead atoms. The van der Waals surface area contributed by atoms with Gasteiger partial charge in [-0.15, -0.1) is 0 Å². The Morgan fingerprint density at radius 2 is 1.54 bits per heavy atom. The van der Waals surface area contributed by atoms with Gasteiger partial charge in [0, 0.05) is 11.3 Å². The van der Waals surface area contributed by atoms with Crippen molar-refractivity contribution in [3.63, 3.8) is 0 Å². The summed E-state index contributed by atoms with van der Waals surface area (Å²) in [5.74, 6) is -1.21. The Kier molecular flexibility index (Phi) is 7.35. The number of hydrogen-bond acceptors (Lipinski definition) is 5. The van der Waals surface area contributed by atoms with Crippen LogP contribution in [0.2, 0.25) is 0 Å². The molecule has 0 aliphatic carbocycles. The molecule has 8 nitrogen and oxygen atoms in total. The second kappa shape index (κ2) is 11.2. The number of halogens is 2. The van der Waals surface area contributed by atoms with Crippen LogP contribution >= 0.6 is 0 Å². The van der Waals surface area contributed by atoms with Crippen LogP contribution in [0.3, 0.4) is 0 Å². The number of hydrogen-bond donors (Lipinski definition) is 2. The van der Waals surface area contributed by atoms with Gasteiger partial charge in [0.15, 0.2) is 12.1 Å². The number of furan rings is 1. The molecule has 1 aliphatic heterocycles. The predicted octanol–water partition coefficient (Wildman–Crippen LogP) is 5.19. The number of ether oxygens (including phenoxy) is 1. The summed E-state index contributed by atoms with van der Waals surface area (Å²) in [6.45, 7) is 0.141. The van der Waals surface area contributed by atoms with Crippen LogP contribution in [0.1, 0.15) is 33.3 Å². The van der Waals surface area contributed by atoms with Crippen LogP contribution in [0.4, 0.5) is 19.3 Å². The van der Waals surface area contributed by atoms with Gasteiger partial charge < -0.3 is 19.8 Å². The molecule has 0 spiro atoms. The summed E-state index contributed by atoms with van der Waals surface area (Å²) in [5.41, 5.74) is 1.90. The normalized spacial score (nSPS) is 16.6. The molecule has 5 rings (SSSR count). The lowest BCUT2D eigenvalue weighted by Crippen LogP contribution is -2.46. The minimum Gasteiger partial charge on any atom is -0.467 e. The van der Waals surface area contributed by atoms with Gasteiger partial charge in [0.05, 0.1) is 19.4 Å². The number of carbonyl (C=O) groups is 3. The Morgan fingerprint density at radius 1 is 0.872 bits per heavy atom. The van der Waals surface area contributed by atoms with Gasteiger partial charge in [-0.3, -0.25) is 14.5 Å². The Hall–Kier alpha value is -4.99. The number of cyclic esters (lactones) is 1. The van der Waals surface area contributed by atoms with Crippen LogP contribution in [0, 0.1) is 11.6 Å². The fourth-order valence-corrected chi connectivity index (χ4v) is 4.25. The Morgan fingerprint density at radius 3 is 2.18 bits per heavy atom. The van der Waals surface area contributed by atoms with Crippen molar-refractivity contribution in [2.45, 2.75) is 25.2 Å². The molecule has 0 radical (unpaired) electrons. The third-order valence-corrected chi connectivity index (χ3v) is 6.24. The predicted molar refractivity (Wildman–Crippen MR) is 136 cm³/mol. The summed E-state index contributed by atoms with van der Waals surface area (Å²) in [6.07, 6.45) is -0.156. The van der Waals surface area contributed by atoms with E-state index < -0.39 is 41.7 Å². The molecule has 1 fully saturated rings. The highest BCUT2D eigenvalue weighted by molar-refractivity contribution is 6.04. The van der Waals surface area contributed by atoms with Gasteiger partial charge in [0.1, 0.15) is 17.4 Å². The lowest BCUT2D eigenvalue weighted by atomic mass is 10.00. The number of anilines is 1. The lowest BCUT2D eigenvalue weighted by molar-refractivity contribution is -0.126. The van der Waals surface area contributed by atoms with Crippen LogP contribution in [0.5, 0.6) is 0 Å². The Balaban J connectivity index is 1.35. The largest absolute Gasteiger partial charge is 0.467 e. The molecule has 0 saturated carbocycles. The molecule has 3 amide bonds. The maximum atomic E-state index is 13.4. The van der Waals surface area contributed by atoms with Crippen LogP contribution in [-0.2, 0) is 22.6 Å². The third-order valence-electron chi connectivity index (χ3n) is 6.24. The number of amides is 3. The second-order valence-electron chi connectivity index (χ2n) is 8.88. The number of nitrogens with zero attached hydrogens (tertiary/aromatic N) is 1. The average molecular weight is 532 g/mol. The molecule has 1 saturated heterocycles. The van der Waals surface area contributed by atoms with Gasteiger partial charge in [-0.05, 0) is 71.8 Å². The summed E-state index contributed by atoms with van der Waals surface area (Å²) in [7, 11) is 0. The van der Waals surface area contributed by atoms with Crippen molar-refractivity contribution in [3.05, 3.63) is 125 Å². The fraction of sp³-hybridized carbons (Fsp3) is 0.138. The SMILES string of the molecule is O=C(Nc1ccc([C@H]2OC(=O)N(Cc3ccc(F)cc3)[C@@H]2C(=O)NCc2ccco2)cc1)c1ccc(F)cc1. The maximum Gasteiger partial charge on any atom is 0.411 e. The monoisotopic (exact) mass is 531 g/mol. The van der Waals surface area contributed by atoms with E-state index in [0.29, 0.717) is 22.6 Å². The molecule has 10 heteroatoms. The number of nitrogens with one attached hydrogen (secondary N) is 2. The standard InChI is InChI=1S/C29H23F2N3O5/c30-21-9-3-18(4-10-21)17-34-25(28(36)32-16-24-2-1-15-38-24)26(39-29(34)37)19-7-13-23(14-8-19)33-27(35)20-5-11-22(31)12-6-20/h1-15,25-26H,16-17H2,(H,32,36)(H,33,35)/t25-,26+/m0/s1. The molecule has 2 heterocycles.